The molecule has 0 spiro atoms. The maximum atomic E-state index is 12.5. The lowest BCUT2D eigenvalue weighted by molar-refractivity contribution is -0.134. The lowest BCUT2D eigenvalue weighted by Gasteiger charge is -2.56. The van der Waals surface area contributed by atoms with Gasteiger partial charge >= 0.3 is 12.0 Å². The molecule has 0 radical (unpaired) electrons. The summed E-state index contributed by atoms with van der Waals surface area (Å²) in [5.74, 6) is 2.05. The zero-order valence-electron chi connectivity index (χ0n) is 19.2. The van der Waals surface area contributed by atoms with Crippen molar-refractivity contribution in [3.05, 3.63) is 60.2 Å². The second-order valence-electron chi connectivity index (χ2n) is 10.1. The van der Waals surface area contributed by atoms with Crippen LogP contribution in [0.2, 0.25) is 0 Å². The summed E-state index contributed by atoms with van der Waals surface area (Å²) in [6, 6.07) is 15.4. The lowest BCUT2D eigenvalue weighted by atomic mass is 9.53. The largest absolute Gasteiger partial charge is 0.426 e. The van der Waals surface area contributed by atoms with Gasteiger partial charge in [0.1, 0.15) is 5.75 Å². The molecule has 2 aromatic rings. The second kappa shape index (κ2) is 9.49. The van der Waals surface area contributed by atoms with E-state index in [0.717, 1.165) is 37.0 Å². The molecule has 178 valence electrons. The molecule has 34 heavy (non-hydrogen) atoms. The number of benzene rings is 2. The van der Waals surface area contributed by atoms with Gasteiger partial charge in [-0.1, -0.05) is 18.2 Å². The third-order valence-electron chi connectivity index (χ3n) is 7.41. The van der Waals surface area contributed by atoms with Crippen molar-refractivity contribution in [1.29, 1.82) is 0 Å². The Balaban J connectivity index is 1.03. The van der Waals surface area contributed by atoms with Crippen LogP contribution in [-0.2, 0) is 4.79 Å². The zero-order chi connectivity index (χ0) is 23.5. The van der Waals surface area contributed by atoms with Gasteiger partial charge in [0.2, 0.25) is 0 Å². The highest BCUT2D eigenvalue weighted by atomic mass is 16.5. The number of amides is 3. The van der Waals surface area contributed by atoms with E-state index >= 15 is 0 Å². The Kier molecular flexibility index (Phi) is 6.26. The number of carbonyl (C=O) groups is 3. The van der Waals surface area contributed by atoms with E-state index in [1.54, 1.807) is 48.5 Å². The minimum absolute atomic E-state index is 0.0446. The van der Waals surface area contributed by atoms with Crippen molar-refractivity contribution in [3.8, 4) is 5.75 Å². The molecule has 0 aliphatic heterocycles. The van der Waals surface area contributed by atoms with Crippen molar-refractivity contribution in [2.45, 2.75) is 50.5 Å². The van der Waals surface area contributed by atoms with Gasteiger partial charge in [0.25, 0.3) is 5.91 Å². The summed E-state index contributed by atoms with van der Waals surface area (Å²) < 4.78 is 5.35. The first kappa shape index (κ1) is 22.4. The summed E-state index contributed by atoms with van der Waals surface area (Å²) in [7, 11) is 0. The van der Waals surface area contributed by atoms with E-state index in [-0.39, 0.29) is 30.4 Å². The highest BCUT2D eigenvalue weighted by molar-refractivity contribution is 6.04. The third-order valence-corrected chi connectivity index (χ3v) is 7.41. The molecular formula is C27H31N3O4. The van der Waals surface area contributed by atoms with E-state index in [1.807, 2.05) is 6.07 Å². The number of nitrogens with one attached hydrogen (secondary N) is 3. The van der Waals surface area contributed by atoms with Crippen LogP contribution in [0.1, 0.15) is 55.3 Å². The molecule has 7 heteroatoms. The molecule has 0 heterocycles. The minimum atomic E-state index is -0.420. The average Bonchev–Trinajstić information content (AvgIpc) is 2.79. The van der Waals surface area contributed by atoms with Gasteiger partial charge in [-0.25, -0.2) is 4.79 Å². The van der Waals surface area contributed by atoms with Crippen LogP contribution < -0.4 is 20.7 Å². The van der Waals surface area contributed by atoms with Gasteiger partial charge in [-0.05, 0) is 92.7 Å². The fourth-order valence-corrected chi connectivity index (χ4v) is 6.41. The Morgan fingerprint density at radius 3 is 2.09 bits per heavy atom. The van der Waals surface area contributed by atoms with Crippen LogP contribution in [0.25, 0.3) is 0 Å². The van der Waals surface area contributed by atoms with Crippen molar-refractivity contribution < 1.29 is 19.1 Å². The second-order valence-corrected chi connectivity index (χ2v) is 10.1. The fraction of sp³-hybridized carbons (Fsp3) is 0.444. The SMILES string of the molecule is O=C(NCCC(=O)Oc1ccc(NC(=O)c2ccccc2)cc1)NC12CC3CC(CC(C3)C1)C2. The van der Waals surface area contributed by atoms with Gasteiger partial charge < -0.3 is 20.7 Å². The molecule has 7 nitrogen and oxygen atoms in total. The van der Waals surface area contributed by atoms with Crippen LogP contribution in [-0.4, -0.2) is 30.0 Å². The average molecular weight is 462 g/mol. The summed E-state index contributed by atoms with van der Waals surface area (Å²) in [5, 5.41) is 8.87. The summed E-state index contributed by atoms with van der Waals surface area (Å²) >= 11 is 0. The first-order chi connectivity index (χ1) is 16.5. The fourth-order valence-electron chi connectivity index (χ4n) is 6.41. The molecule has 4 fully saturated rings. The Morgan fingerprint density at radius 2 is 1.47 bits per heavy atom. The van der Waals surface area contributed by atoms with Crippen molar-refractivity contribution in [3.63, 3.8) is 0 Å². The molecule has 4 aliphatic rings. The number of urea groups is 1. The Hall–Kier alpha value is -3.35. The van der Waals surface area contributed by atoms with E-state index in [4.69, 9.17) is 4.74 Å². The summed E-state index contributed by atoms with van der Waals surface area (Å²) in [5.41, 5.74) is 1.13. The Bertz CT molecular complexity index is 1020. The molecule has 6 rings (SSSR count). The van der Waals surface area contributed by atoms with Gasteiger partial charge in [0.15, 0.2) is 0 Å². The van der Waals surface area contributed by atoms with E-state index in [1.165, 1.54) is 19.3 Å². The molecule has 0 unspecified atom stereocenters. The predicted octanol–water partition coefficient (Wildman–Crippen LogP) is 4.50. The Labute approximate surface area is 199 Å². The third kappa shape index (κ3) is 5.24. The first-order valence-corrected chi connectivity index (χ1v) is 12.2. The molecular weight excluding hydrogens is 430 g/mol. The van der Waals surface area contributed by atoms with Crippen molar-refractivity contribution in [1.82, 2.24) is 10.6 Å². The molecule has 4 bridgehead atoms. The van der Waals surface area contributed by atoms with Gasteiger partial charge in [-0.3, -0.25) is 9.59 Å². The molecule has 3 amide bonds. The number of anilines is 1. The maximum Gasteiger partial charge on any atom is 0.315 e. The molecule has 4 aliphatic carbocycles. The zero-order valence-corrected chi connectivity index (χ0v) is 19.2. The van der Waals surface area contributed by atoms with Crippen molar-refractivity contribution in [2.24, 2.45) is 17.8 Å². The number of ether oxygens (including phenoxy) is 1. The van der Waals surface area contributed by atoms with E-state index in [9.17, 15) is 14.4 Å². The van der Waals surface area contributed by atoms with Crippen LogP contribution in [0.4, 0.5) is 10.5 Å². The predicted molar refractivity (Wildman–Crippen MR) is 129 cm³/mol. The van der Waals surface area contributed by atoms with Crippen LogP contribution in [0, 0.1) is 17.8 Å². The highest BCUT2D eigenvalue weighted by Gasteiger charge is 2.51. The molecule has 0 aromatic heterocycles. The van der Waals surface area contributed by atoms with E-state index < -0.39 is 5.97 Å². The van der Waals surface area contributed by atoms with Gasteiger partial charge in [0, 0.05) is 23.3 Å². The highest BCUT2D eigenvalue weighted by Crippen LogP contribution is 2.55. The van der Waals surface area contributed by atoms with E-state index in [2.05, 4.69) is 16.0 Å². The van der Waals surface area contributed by atoms with Crippen LogP contribution in [0.3, 0.4) is 0 Å². The first-order valence-electron chi connectivity index (χ1n) is 12.2. The Morgan fingerprint density at radius 1 is 0.853 bits per heavy atom. The van der Waals surface area contributed by atoms with Crippen molar-refractivity contribution in [2.75, 3.05) is 11.9 Å². The smallest absolute Gasteiger partial charge is 0.315 e. The van der Waals surface area contributed by atoms with Gasteiger partial charge in [-0.15, -0.1) is 0 Å². The standard InChI is InChI=1S/C27H31N3O4/c31-24(34-23-8-6-22(7-9-23)29-25(32)21-4-2-1-3-5-21)10-11-28-26(33)30-27-15-18-12-19(16-27)14-20(13-18)17-27/h1-9,18-20H,10-17H2,(H,29,32)(H2,28,30,33). The van der Waals surface area contributed by atoms with Crippen LogP contribution in [0.15, 0.2) is 54.6 Å². The normalized spacial score (nSPS) is 26.5. The maximum absolute atomic E-state index is 12.5. The molecule has 2 aromatic carbocycles. The number of hydrogen-bond donors (Lipinski definition) is 3. The molecule has 4 saturated carbocycles. The lowest BCUT2D eigenvalue weighted by Crippen LogP contribution is -2.61. The quantitative estimate of drug-likeness (QED) is 0.418. The number of rotatable bonds is 7. The summed E-state index contributed by atoms with van der Waals surface area (Å²) in [4.78, 5) is 36.9. The van der Waals surface area contributed by atoms with Crippen LogP contribution in [0.5, 0.6) is 5.75 Å². The monoisotopic (exact) mass is 461 g/mol. The van der Waals surface area contributed by atoms with Gasteiger partial charge in [-0.2, -0.15) is 0 Å². The summed E-state index contributed by atoms with van der Waals surface area (Å²) in [6.45, 7) is 0.224. The molecule has 0 atom stereocenters. The number of hydrogen-bond acceptors (Lipinski definition) is 4. The number of esters is 1. The van der Waals surface area contributed by atoms with E-state index in [0.29, 0.717) is 17.0 Å². The van der Waals surface area contributed by atoms with Crippen molar-refractivity contribution >= 4 is 23.6 Å². The molecule has 0 saturated heterocycles. The minimum Gasteiger partial charge on any atom is -0.426 e. The summed E-state index contributed by atoms with van der Waals surface area (Å²) in [6.07, 6.45) is 7.35. The number of carbonyl (C=O) groups excluding carboxylic acids is 3. The van der Waals surface area contributed by atoms with Gasteiger partial charge in [0.05, 0.1) is 6.42 Å². The topological polar surface area (TPSA) is 96.5 Å². The van der Waals surface area contributed by atoms with Crippen LogP contribution >= 0.6 is 0 Å². The molecule has 3 N–H and O–H groups in total.